The molecule has 32 heavy (non-hydrogen) atoms. The lowest BCUT2D eigenvalue weighted by atomic mass is 9.85. The minimum Gasteiger partial charge on any atom is -0.487 e. The quantitative estimate of drug-likeness (QED) is 0.495. The number of para-hydroxylation sites is 1. The fourth-order valence-electron chi connectivity index (χ4n) is 5.29. The summed E-state index contributed by atoms with van der Waals surface area (Å²) in [5, 5.41) is 0. The fourth-order valence-corrected chi connectivity index (χ4v) is 5.29. The molecule has 0 aromatic heterocycles. The van der Waals surface area contributed by atoms with Crippen LogP contribution in [0.5, 0.6) is 5.75 Å². The molecule has 1 fully saturated rings. The van der Waals surface area contributed by atoms with Crippen LogP contribution in [-0.4, -0.2) is 36.2 Å². The first-order valence-electron chi connectivity index (χ1n) is 11.9. The van der Waals surface area contributed by atoms with Gasteiger partial charge in [0.25, 0.3) is 0 Å². The Morgan fingerprint density at radius 2 is 1.44 bits per heavy atom. The highest BCUT2D eigenvalue weighted by Crippen LogP contribution is 2.38. The average Bonchev–Trinajstić information content (AvgIpc) is 2.98. The van der Waals surface area contributed by atoms with E-state index in [4.69, 9.17) is 9.47 Å². The van der Waals surface area contributed by atoms with E-state index < -0.39 is 0 Å². The summed E-state index contributed by atoms with van der Waals surface area (Å²) in [5.74, 6) is 1.41. The molecule has 2 heterocycles. The first kappa shape index (κ1) is 21.2. The van der Waals surface area contributed by atoms with Crippen molar-refractivity contribution in [1.29, 1.82) is 0 Å². The molecule has 3 aromatic rings. The molecule has 0 radical (unpaired) electrons. The Morgan fingerprint density at radius 1 is 0.844 bits per heavy atom. The van der Waals surface area contributed by atoms with Gasteiger partial charge < -0.3 is 14.4 Å². The molecule has 2 aliphatic heterocycles. The Balaban J connectivity index is 1.23. The van der Waals surface area contributed by atoms with Gasteiger partial charge in [-0.25, -0.2) is 0 Å². The van der Waals surface area contributed by atoms with Crippen molar-refractivity contribution in [2.45, 2.75) is 50.4 Å². The number of hydrogen-bond donors (Lipinski definition) is 0. The normalized spacial score (nSPS) is 20.5. The molecule has 5 rings (SSSR count). The second-order valence-corrected chi connectivity index (χ2v) is 9.23. The highest BCUT2D eigenvalue weighted by Gasteiger charge is 2.43. The van der Waals surface area contributed by atoms with Gasteiger partial charge in [-0.2, -0.15) is 0 Å². The molecule has 0 saturated carbocycles. The molecule has 3 heteroatoms. The molecular formula is C29H33NO2. The molecule has 1 unspecified atom stereocenters. The predicted octanol–water partition coefficient (Wildman–Crippen LogP) is 6.04. The Bertz CT molecular complexity index is 956. The van der Waals surface area contributed by atoms with Crippen molar-refractivity contribution in [1.82, 2.24) is 4.90 Å². The van der Waals surface area contributed by atoms with Gasteiger partial charge in [-0.1, -0.05) is 78.9 Å². The third-order valence-electron chi connectivity index (χ3n) is 7.37. The molecule has 166 valence electrons. The molecule has 0 bridgehead atoms. The number of benzene rings is 3. The number of likely N-dealkylation sites (tertiary alicyclic amines) is 1. The second-order valence-electron chi connectivity index (χ2n) is 9.23. The fraction of sp³-hybridized carbons (Fsp3) is 0.379. The van der Waals surface area contributed by atoms with Crippen LogP contribution in [0.4, 0.5) is 0 Å². The number of piperidine rings is 1. The van der Waals surface area contributed by atoms with E-state index in [0.29, 0.717) is 12.5 Å². The van der Waals surface area contributed by atoms with Crippen molar-refractivity contribution >= 4 is 0 Å². The molecule has 0 aliphatic carbocycles. The summed E-state index contributed by atoms with van der Waals surface area (Å²) in [6.07, 6.45) is 3.22. The Kier molecular flexibility index (Phi) is 6.29. The SMILES string of the molecule is CC1Oc2ccccc2COC12CCN(CCC(c1ccccc1)c1ccccc1)CC2. The molecule has 2 aliphatic rings. The van der Waals surface area contributed by atoms with Crippen molar-refractivity contribution in [3.05, 3.63) is 102 Å². The number of nitrogens with zero attached hydrogens (tertiary/aromatic N) is 1. The molecule has 3 nitrogen and oxygen atoms in total. The maximum Gasteiger partial charge on any atom is 0.125 e. The van der Waals surface area contributed by atoms with E-state index >= 15 is 0 Å². The van der Waals surface area contributed by atoms with E-state index in [-0.39, 0.29) is 11.7 Å². The number of rotatable bonds is 5. The molecule has 1 atom stereocenters. The van der Waals surface area contributed by atoms with Gasteiger partial charge in [-0.05, 0) is 49.9 Å². The largest absolute Gasteiger partial charge is 0.487 e. The van der Waals surface area contributed by atoms with E-state index in [0.717, 1.165) is 50.2 Å². The lowest BCUT2D eigenvalue weighted by Crippen LogP contribution is -2.53. The van der Waals surface area contributed by atoms with Gasteiger partial charge in [-0.15, -0.1) is 0 Å². The first-order valence-corrected chi connectivity index (χ1v) is 11.9. The maximum atomic E-state index is 6.53. The first-order chi connectivity index (χ1) is 15.7. The van der Waals surface area contributed by atoms with Crippen molar-refractivity contribution in [2.24, 2.45) is 0 Å². The van der Waals surface area contributed by atoms with Gasteiger partial charge in [0.2, 0.25) is 0 Å². The van der Waals surface area contributed by atoms with Crippen LogP contribution in [-0.2, 0) is 11.3 Å². The van der Waals surface area contributed by atoms with Crippen molar-refractivity contribution in [3.8, 4) is 5.75 Å². The van der Waals surface area contributed by atoms with Crippen molar-refractivity contribution < 1.29 is 9.47 Å². The standard InChI is InChI=1S/C29H33NO2/c1-23-29(31-22-26-14-8-9-15-28(26)32-23)17-20-30(21-18-29)19-16-27(24-10-4-2-5-11-24)25-12-6-3-7-13-25/h2-15,23,27H,16-22H2,1H3. The zero-order chi connectivity index (χ0) is 21.8. The van der Waals surface area contributed by atoms with Crippen LogP contribution in [0.3, 0.4) is 0 Å². The minimum absolute atomic E-state index is 0.0645. The lowest BCUT2D eigenvalue weighted by molar-refractivity contribution is -0.136. The van der Waals surface area contributed by atoms with E-state index in [1.165, 1.54) is 11.1 Å². The monoisotopic (exact) mass is 427 g/mol. The van der Waals surface area contributed by atoms with Gasteiger partial charge in [0.15, 0.2) is 0 Å². The van der Waals surface area contributed by atoms with Crippen LogP contribution in [0.15, 0.2) is 84.9 Å². The van der Waals surface area contributed by atoms with E-state index in [1.54, 1.807) is 0 Å². The van der Waals surface area contributed by atoms with Crippen molar-refractivity contribution in [2.75, 3.05) is 19.6 Å². The average molecular weight is 428 g/mol. The van der Waals surface area contributed by atoms with Gasteiger partial charge in [0.05, 0.1) is 6.61 Å². The molecule has 1 spiro atoms. The van der Waals surface area contributed by atoms with E-state index in [1.807, 2.05) is 6.07 Å². The summed E-state index contributed by atoms with van der Waals surface area (Å²) in [7, 11) is 0. The second kappa shape index (κ2) is 9.48. The Hall–Kier alpha value is -2.62. The third kappa shape index (κ3) is 4.46. The van der Waals surface area contributed by atoms with Crippen LogP contribution in [0.1, 0.15) is 48.8 Å². The Morgan fingerprint density at radius 3 is 2.09 bits per heavy atom. The highest BCUT2D eigenvalue weighted by molar-refractivity contribution is 5.34. The number of fused-ring (bicyclic) bond motifs is 1. The van der Waals surface area contributed by atoms with Crippen LogP contribution >= 0.6 is 0 Å². The summed E-state index contributed by atoms with van der Waals surface area (Å²) in [6.45, 7) is 6.03. The van der Waals surface area contributed by atoms with Crippen LogP contribution < -0.4 is 4.74 Å². The zero-order valence-corrected chi connectivity index (χ0v) is 19.0. The van der Waals surface area contributed by atoms with Gasteiger partial charge in [-0.3, -0.25) is 0 Å². The van der Waals surface area contributed by atoms with E-state index in [2.05, 4.69) is 90.7 Å². The van der Waals surface area contributed by atoms with Crippen LogP contribution in [0.2, 0.25) is 0 Å². The predicted molar refractivity (Wildman–Crippen MR) is 129 cm³/mol. The summed E-state index contributed by atoms with van der Waals surface area (Å²) in [4.78, 5) is 2.61. The summed E-state index contributed by atoms with van der Waals surface area (Å²) in [6, 6.07) is 30.1. The highest BCUT2D eigenvalue weighted by atomic mass is 16.6. The number of ether oxygens (including phenoxy) is 2. The molecule has 0 amide bonds. The van der Waals surface area contributed by atoms with Gasteiger partial charge in [0.1, 0.15) is 17.5 Å². The minimum atomic E-state index is -0.187. The smallest absolute Gasteiger partial charge is 0.125 e. The molecule has 1 saturated heterocycles. The van der Waals surface area contributed by atoms with Crippen molar-refractivity contribution in [3.63, 3.8) is 0 Å². The van der Waals surface area contributed by atoms with E-state index in [9.17, 15) is 0 Å². The molecule has 3 aromatic carbocycles. The third-order valence-corrected chi connectivity index (χ3v) is 7.37. The lowest BCUT2D eigenvalue weighted by Gasteiger charge is -2.44. The molecule has 0 N–H and O–H groups in total. The zero-order valence-electron chi connectivity index (χ0n) is 19.0. The number of hydrogen-bond acceptors (Lipinski definition) is 3. The molecular weight excluding hydrogens is 394 g/mol. The summed E-state index contributed by atoms with van der Waals surface area (Å²) in [5.41, 5.74) is 3.78. The topological polar surface area (TPSA) is 21.7 Å². The van der Waals surface area contributed by atoms with Gasteiger partial charge >= 0.3 is 0 Å². The maximum absolute atomic E-state index is 6.53. The van der Waals surface area contributed by atoms with Gasteiger partial charge in [0, 0.05) is 24.6 Å². The summed E-state index contributed by atoms with van der Waals surface area (Å²) >= 11 is 0. The Labute approximate surface area is 192 Å². The summed E-state index contributed by atoms with van der Waals surface area (Å²) < 4.78 is 12.9. The van der Waals surface area contributed by atoms with Crippen LogP contribution in [0.25, 0.3) is 0 Å². The van der Waals surface area contributed by atoms with Crippen LogP contribution in [0, 0.1) is 0 Å².